The van der Waals surface area contributed by atoms with Gasteiger partial charge in [-0.2, -0.15) is 0 Å². The molecule has 1 N–H and O–H groups in total. The molecule has 8 nitrogen and oxygen atoms in total. The van der Waals surface area contributed by atoms with Gasteiger partial charge in [-0.1, -0.05) is 18.9 Å². The lowest BCUT2D eigenvalue weighted by Crippen LogP contribution is -2.28. The number of thiophene rings is 1. The Morgan fingerprint density at radius 1 is 1.19 bits per heavy atom. The number of methoxy groups -OCH3 is 1. The van der Waals surface area contributed by atoms with Crippen LogP contribution in [0.5, 0.6) is 5.75 Å². The second kappa shape index (κ2) is 9.22. The maximum absolute atomic E-state index is 12.9. The van der Waals surface area contributed by atoms with Gasteiger partial charge in [0.2, 0.25) is 0 Å². The van der Waals surface area contributed by atoms with E-state index in [0.717, 1.165) is 47.4 Å². The van der Waals surface area contributed by atoms with Crippen molar-refractivity contribution >= 4 is 22.2 Å². The fourth-order valence-electron chi connectivity index (χ4n) is 4.45. The van der Waals surface area contributed by atoms with Crippen LogP contribution in [0.1, 0.15) is 48.0 Å². The quantitative estimate of drug-likeness (QED) is 0.438. The molecule has 0 amide bonds. The third-order valence-corrected chi connectivity index (χ3v) is 6.94. The van der Waals surface area contributed by atoms with Crippen molar-refractivity contribution < 1.29 is 4.74 Å². The summed E-state index contributed by atoms with van der Waals surface area (Å²) in [7, 11) is 1.62. The molecule has 32 heavy (non-hydrogen) atoms. The number of aromatic nitrogens is 5. The molecule has 0 spiro atoms. The first kappa shape index (κ1) is 20.8. The molecule has 9 heteroatoms. The van der Waals surface area contributed by atoms with E-state index in [1.807, 2.05) is 28.9 Å². The first-order valence-electron chi connectivity index (χ1n) is 10.9. The third kappa shape index (κ3) is 4.44. The van der Waals surface area contributed by atoms with E-state index in [1.165, 1.54) is 17.7 Å². The van der Waals surface area contributed by atoms with E-state index in [4.69, 9.17) is 4.74 Å². The van der Waals surface area contributed by atoms with Gasteiger partial charge in [-0.3, -0.25) is 9.69 Å². The summed E-state index contributed by atoms with van der Waals surface area (Å²) in [5, 5.41) is 15.6. The SMILES string of the molecule is COc1ccc2cc(CN(Cc3cccs3)Cc3nnnn3C3CCCC3)c(=O)[nH]c2c1. The molecule has 0 unspecified atom stereocenters. The molecule has 0 radical (unpaired) electrons. The molecule has 0 atom stereocenters. The summed E-state index contributed by atoms with van der Waals surface area (Å²) >= 11 is 1.71. The Morgan fingerprint density at radius 2 is 2.06 bits per heavy atom. The summed E-state index contributed by atoms with van der Waals surface area (Å²) < 4.78 is 7.27. The van der Waals surface area contributed by atoms with E-state index in [2.05, 4.69) is 42.9 Å². The maximum Gasteiger partial charge on any atom is 0.252 e. The van der Waals surface area contributed by atoms with Gasteiger partial charge in [-0.25, -0.2) is 4.68 Å². The average Bonchev–Trinajstić information content (AvgIpc) is 3.57. The van der Waals surface area contributed by atoms with Gasteiger partial charge in [-0.05, 0) is 58.3 Å². The zero-order valence-electron chi connectivity index (χ0n) is 18.0. The zero-order valence-corrected chi connectivity index (χ0v) is 18.8. The number of tetrazole rings is 1. The standard InChI is InChI=1S/C23H26N6O2S/c1-31-19-9-8-16-11-17(23(30)24-21(16)12-19)13-28(14-20-7-4-10-32-20)15-22-25-26-27-29(22)18-5-2-3-6-18/h4,7-12,18H,2-3,5-6,13-15H2,1H3,(H,24,30). The number of hydrogen-bond donors (Lipinski definition) is 1. The Morgan fingerprint density at radius 3 is 2.84 bits per heavy atom. The summed E-state index contributed by atoms with van der Waals surface area (Å²) in [6.07, 6.45) is 4.69. The van der Waals surface area contributed by atoms with Crippen LogP contribution in [0.15, 0.2) is 46.6 Å². The van der Waals surface area contributed by atoms with Crippen LogP contribution in [0.2, 0.25) is 0 Å². The molecule has 1 fully saturated rings. The van der Waals surface area contributed by atoms with E-state index in [9.17, 15) is 4.79 Å². The predicted octanol–water partition coefficient (Wildman–Crippen LogP) is 3.90. The second-order valence-corrected chi connectivity index (χ2v) is 9.31. The molecule has 1 aliphatic rings. The topological polar surface area (TPSA) is 88.9 Å². The van der Waals surface area contributed by atoms with Crippen molar-refractivity contribution in [1.29, 1.82) is 0 Å². The minimum atomic E-state index is -0.0858. The van der Waals surface area contributed by atoms with Crippen molar-refractivity contribution in [2.24, 2.45) is 0 Å². The lowest BCUT2D eigenvalue weighted by atomic mass is 10.1. The maximum atomic E-state index is 12.9. The fraction of sp³-hybridized carbons (Fsp3) is 0.391. The van der Waals surface area contributed by atoms with Crippen molar-refractivity contribution in [3.63, 3.8) is 0 Å². The van der Waals surface area contributed by atoms with Crippen LogP contribution in [0.25, 0.3) is 10.9 Å². The summed E-state index contributed by atoms with van der Waals surface area (Å²) in [6.45, 7) is 1.82. The van der Waals surface area contributed by atoms with Crippen LogP contribution >= 0.6 is 11.3 Å². The molecule has 3 heterocycles. The molecule has 1 aromatic carbocycles. The molecular formula is C23H26N6O2S. The van der Waals surface area contributed by atoms with Gasteiger partial charge in [0.1, 0.15) is 5.75 Å². The van der Waals surface area contributed by atoms with Gasteiger partial charge < -0.3 is 9.72 Å². The van der Waals surface area contributed by atoms with E-state index in [0.29, 0.717) is 19.1 Å². The van der Waals surface area contributed by atoms with E-state index in [1.54, 1.807) is 18.4 Å². The number of rotatable bonds is 8. The Labute approximate surface area is 189 Å². The highest BCUT2D eigenvalue weighted by atomic mass is 32.1. The van der Waals surface area contributed by atoms with Gasteiger partial charge in [-0.15, -0.1) is 16.4 Å². The normalized spacial score (nSPS) is 14.6. The van der Waals surface area contributed by atoms with Crippen LogP contribution in [0, 0.1) is 0 Å². The summed E-state index contributed by atoms with van der Waals surface area (Å²) in [4.78, 5) is 19.4. The molecule has 166 valence electrons. The number of aromatic amines is 1. The number of ether oxygens (including phenoxy) is 1. The van der Waals surface area contributed by atoms with Crippen molar-refractivity contribution in [1.82, 2.24) is 30.1 Å². The minimum absolute atomic E-state index is 0.0858. The van der Waals surface area contributed by atoms with Gasteiger partial charge in [0.25, 0.3) is 5.56 Å². The fourth-order valence-corrected chi connectivity index (χ4v) is 5.20. The highest BCUT2D eigenvalue weighted by molar-refractivity contribution is 7.09. The van der Waals surface area contributed by atoms with E-state index in [-0.39, 0.29) is 5.56 Å². The number of nitrogens with one attached hydrogen (secondary N) is 1. The summed E-state index contributed by atoms with van der Waals surface area (Å²) in [5.74, 6) is 1.58. The summed E-state index contributed by atoms with van der Waals surface area (Å²) in [6, 6.07) is 12.2. The molecule has 0 saturated heterocycles. The number of benzene rings is 1. The van der Waals surface area contributed by atoms with Crippen LogP contribution < -0.4 is 10.3 Å². The van der Waals surface area contributed by atoms with E-state index >= 15 is 0 Å². The molecule has 1 aliphatic carbocycles. The van der Waals surface area contributed by atoms with E-state index < -0.39 is 0 Å². The molecule has 0 aliphatic heterocycles. The average molecular weight is 451 g/mol. The number of pyridine rings is 1. The first-order chi connectivity index (χ1) is 15.7. The molecule has 4 aromatic rings. The number of fused-ring (bicyclic) bond motifs is 1. The van der Waals surface area contributed by atoms with Crippen LogP contribution in [-0.4, -0.2) is 37.2 Å². The predicted molar refractivity (Wildman–Crippen MR) is 124 cm³/mol. The minimum Gasteiger partial charge on any atom is -0.497 e. The first-order valence-corrected chi connectivity index (χ1v) is 11.8. The van der Waals surface area contributed by atoms with Crippen LogP contribution in [0.4, 0.5) is 0 Å². The largest absolute Gasteiger partial charge is 0.497 e. The van der Waals surface area contributed by atoms with Gasteiger partial charge in [0, 0.05) is 29.6 Å². The Bertz CT molecular complexity index is 1240. The summed E-state index contributed by atoms with van der Waals surface area (Å²) in [5.41, 5.74) is 1.41. The second-order valence-electron chi connectivity index (χ2n) is 8.28. The third-order valence-electron chi connectivity index (χ3n) is 6.08. The lowest BCUT2D eigenvalue weighted by Gasteiger charge is -2.22. The van der Waals surface area contributed by atoms with Crippen molar-refractivity contribution in [3.05, 3.63) is 68.4 Å². The van der Waals surface area contributed by atoms with Crippen LogP contribution in [0.3, 0.4) is 0 Å². The Balaban J connectivity index is 1.43. The lowest BCUT2D eigenvalue weighted by molar-refractivity contribution is 0.234. The number of hydrogen-bond acceptors (Lipinski definition) is 7. The molecule has 0 bridgehead atoms. The highest BCUT2D eigenvalue weighted by Gasteiger charge is 2.23. The Hall–Kier alpha value is -3.04. The van der Waals surface area contributed by atoms with Gasteiger partial charge in [0.05, 0.1) is 25.2 Å². The Kier molecular flexibility index (Phi) is 6.00. The molecule has 5 rings (SSSR count). The zero-order chi connectivity index (χ0) is 21.9. The molecular weight excluding hydrogens is 424 g/mol. The highest BCUT2D eigenvalue weighted by Crippen LogP contribution is 2.29. The van der Waals surface area contributed by atoms with Crippen molar-refractivity contribution in [2.45, 2.75) is 51.4 Å². The van der Waals surface area contributed by atoms with Gasteiger partial charge >= 0.3 is 0 Å². The van der Waals surface area contributed by atoms with Crippen molar-refractivity contribution in [3.8, 4) is 5.75 Å². The van der Waals surface area contributed by atoms with Crippen molar-refractivity contribution in [2.75, 3.05) is 7.11 Å². The number of H-pyrrole nitrogens is 1. The monoisotopic (exact) mass is 450 g/mol. The smallest absolute Gasteiger partial charge is 0.252 e. The molecule has 3 aromatic heterocycles. The van der Waals surface area contributed by atoms with Gasteiger partial charge in [0.15, 0.2) is 5.82 Å². The molecule has 1 saturated carbocycles. The van der Waals surface area contributed by atoms with Crippen LogP contribution in [-0.2, 0) is 19.6 Å². The number of nitrogens with zero attached hydrogens (tertiary/aromatic N) is 5.